The average Bonchev–Trinajstić information content (AvgIpc) is 3.50. The van der Waals surface area contributed by atoms with E-state index >= 15 is 0 Å². The second-order valence-corrected chi connectivity index (χ2v) is 15.3. The summed E-state index contributed by atoms with van der Waals surface area (Å²) >= 11 is 0. The molecule has 0 radical (unpaired) electrons. The number of H-pyrrole nitrogens is 1. The Hall–Kier alpha value is -2.14. The van der Waals surface area contributed by atoms with E-state index in [1.807, 2.05) is 36.3 Å². The second kappa shape index (κ2) is 9.44. The van der Waals surface area contributed by atoms with E-state index in [2.05, 4.69) is 51.7 Å². The number of hydrogen-bond acceptors (Lipinski definition) is 3. The lowest BCUT2D eigenvalue weighted by atomic mass is 9.43. The Kier molecular flexibility index (Phi) is 6.61. The van der Waals surface area contributed by atoms with Crippen LogP contribution >= 0.6 is 0 Å². The van der Waals surface area contributed by atoms with Gasteiger partial charge in [0, 0.05) is 24.5 Å². The first-order valence-corrected chi connectivity index (χ1v) is 15.9. The Morgan fingerprint density at radius 2 is 1.85 bits per heavy atom. The molecule has 1 aromatic heterocycles. The molecule has 6 rings (SSSR count). The van der Waals surface area contributed by atoms with Crippen LogP contribution in [0.15, 0.2) is 35.5 Å². The summed E-state index contributed by atoms with van der Waals surface area (Å²) in [6.45, 7) is 14.8. The Morgan fingerprint density at radius 1 is 1.07 bits per heavy atom. The summed E-state index contributed by atoms with van der Waals surface area (Å²) in [5.74, 6) is 1.94. The molecule has 4 aliphatic rings. The van der Waals surface area contributed by atoms with Crippen LogP contribution in [0.25, 0.3) is 10.9 Å². The van der Waals surface area contributed by atoms with Crippen molar-refractivity contribution >= 4 is 22.5 Å². The number of amides is 1. The van der Waals surface area contributed by atoms with Crippen molar-refractivity contribution in [3.63, 3.8) is 0 Å². The minimum Gasteiger partial charge on any atom is -0.393 e. The fourth-order valence-electron chi connectivity index (χ4n) is 10.6. The molecule has 0 unspecified atom stereocenters. The molecule has 5 heteroatoms. The molecule has 5 nitrogen and oxygen atoms in total. The summed E-state index contributed by atoms with van der Waals surface area (Å²) < 4.78 is 0. The maximum atomic E-state index is 13.3. The number of carbonyl (C=O) groups excluding carboxylic acids is 1. The van der Waals surface area contributed by atoms with E-state index in [9.17, 15) is 9.90 Å². The van der Waals surface area contributed by atoms with Gasteiger partial charge in [-0.05, 0) is 115 Å². The summed E-state index contributed by atoms with van der Waals surface area (Å²) in [5.41, 5.74) is 6.24. The molecule has 2 saturated carbocycles. The fourth-order valence-corrected chi connectivity index (χ4v) is 10.6. The number of hydrogen-bond donors (Lipinski definition) is 2. The number of aromatic amines is 1. The predicted molar refractivity (Wildman–Crippen MR) is 163 cm³/mol. The lowest BCUT2D eigenvalue weighted by Gasteiger charge is -2.62. The Balaban J connectivity index is 1.18. The summed E-state index contributed by atoms with van der Waals surface area (Å²) in [6.07, 6.45) is 12.7. The number of anilines is 1. The maximum absolute atomic E-state index is 13.3. The number of benzene rings is 1. The van der Waals surface area contributed by atoms with Gasteiger partial charge in [0.1, 0.15) is 0 Å². The minimum atomic E-state index is -0.177. The molecule has 7 atom stereocenters. The summed E-state index contributed by atoms with van der Waals surface area (Å²) in [6, 6.07) is 6.06. The van der Waals surface area contributed by atoms with E-state index in [4.69, 9.17) is 0 Å². The highest BCUT2D eigenvalue weighted by atomic mass is 16.3. The molecule has 2 aromatic rings. The summed E-state index contributed by atoms with van der Waals surface area (Å²) in [4.78, 5) is 15.1. The van der Waals surface area contributed by atoms with E-state index in [-0.39, 0.29) is 28.3 Å². The van der Waals surface area contributed by atoms with Crippen molar-refractivity contribution in [3.8, 4) is 0 Å². The van der Waals surface area contributed by atoms with Crippen LogP contribution in [0.5, 0.6) is 0 Å². The number of aliphatic hydroxyl groups excluding tert-OH is 1. The van der Waals surface area contributed by atoms with Crippen molar-refractivity contribution in [3.05, 3.63) is 35.5 Å². The van der Waals surface area contributed by atoms with Crippen LogP contribution in [-0.4, -0.2) is 34.4 Å². The van der Waals surface area contributed by atoms with Gasteiger partial charge in [-0.2, -0.15) is 5.10 Å². The number of carbonyl (C=O) groups is 1. The second-order valence-electron chi connectivity index (χ2n) is 15.3. The van der Waals surface area contributed by atoms with Gasteiger partial charge in [0.05, 0.1) is 17.8 Å². The normalized spacial score (nSPS) is 37.5. The first kappa shape index (κ1) is 28.0. The average molecular weight is 546 g/mol. The molecular formula is C35H51N3O2. The molecule has 0 spiro atoms. The molecule has 4 aliphatic carbocycles. The monoisotopic (exact) mass is 545 g/mol. The van der Waals surface area contributed by atoms with E-state index in [1.54, 1.807) is 11.1 Å². The predicted octanol–water partition coefficient (Wildman–Crippen LogP) is 8.05. The largest absolute Gasteiger partial charge is 0.393 e. The molecule has 0 aliphatic heterocycles. The lowest BCUT2D eigenvalue weighted by molar-refractivity contribution is -0.118. The van der Waals surface area contributed by atoms with Crippen molar-refractivity contribution in [2.24, 2.45) is 39.4 Å². The van der Waals surface area contributed by atoms with Gasteiger partial charge in [-0.15, -0.1) is 0 Å². The minimum absolute atomic E-state index is 0.0102. The topological polar surface area (TPSA) is 69.2 Å². The van der Waals surface area contributed by atoms with E-state index in [0.29, 0.717) is 29.6 Å². The van der Waals surface area contributed by atoms with Crippen LogP contribution in [0.4, 0.5) is 5.69 Å². The molecule has 0 bridgehead atoms. The van der Waals surface area contributed by atoms with Gasteiger partial charge in [-0.25, -0.2) is 0 Å². The summed E-state index contributed by atoms with van der Waals surface area (Å²) in [7, 11) is 1.90. The van der Waals surface area contributed by atoms with Crippen LogP contribution in [-0.2, 0) is 4.79 Å². The van der Waals surface area contributed by atoms with Crippen molar-refractivity contribution in [2.75, 3.05) is 11.9 Å². The highest BCUT2D eigenvalue weighted by molar-refractivity contribution is 5.95. The van der Waals surface area contributed by atoms with Crippen LogP contribution in [0, 0.1) is 39.4 Å². The Morgan fingerprint density at radius 3 is 2.62 bits per heavy atom. The Bertz CT molecular complexity index is 1340. The molecule has 1 heterocycles. The standard InChI is InChI=1S/C35H51N3O2/c1-22(8-13-31(40)38(7)24-10-9-23-21-36-37-28(23)20-24)25-14-18-35(6)27-11-12-29-32(2,3)30(39)16-17-33(29,4)26(27)15-19-34(25,35)5/h9-10,20-22,25,29-30,39H,8,11-19H2,1-7H3,(H,36,37)/t22-,25-,29+,30+,33-,34-,35+/m1/s1. The van der Waals surface area contributed by atoms with Crippen LogP contribution in [0.3, 0.4) is 0 Å². The van der Waals surface area contributed by atoms with Crippen molar-refractivity contribution < 1.29 is 9.90 Å². The Labute approximate surface area is 241 Å². The van der Waals surface area contributed by atoms with Crippen molar-refractivity contribution in [1.29, 1.82) is 0 Å². The third-order valence-corrected chi connectivity index (χ3v) is 13.5. The molecule has 1 amide bonds. The molecule has 218 valence electrons. The number of aliphatic hydroxyl groups is 1. The lowest BCUT2D eigenvalue weighted by Crippen LogP contribution is -2.55. The smallest absolute Gasteiger partial charge is 0.226 e. The van der Waals surface area contributed by atoms with E-state index in [0.717, 1.165) is 35.9 Å². The van der Waals surface area contributed by atoms with E-state index < -0.39 is 0 Å². The zero-order chi connectivity index (χ0) is 28.7. The third kappa shape index (κ3) is 3.89. The number of allylic oxidation sites excluding steroid dienone is 2. The van der Waals surface area contributed by atoms with Crippen LogP contribution in [0.2, 0.25) is 0 Å². The molecule has 2 N–H and O–H groups in total. The van der Waals surface area contributed by atoms with Crippen LogP contribution in [0.1, 0.15) is 106 Å². The van der Waals surface area contributed by atoms with Gasteiger partial charge in [0.15, 0.2) is 0 Å². The number of nitrogens with one attached hydrogen (secondary N) is 1. The van der Waals surface area contributed by atoms with Crippen molar-refractivity contribution in [1.82, 2.24) is 10.2 Å². The van der Waals surface area contributed by atoms with Gasteiger partial charge in [-0.3, -0.25) is 9.89 Å². The van der Waals surface area contributed by atoms with Gasteiger partial charge < -0.3 is 10.0 Å². The molecule has 40 heavy (non-hydrogen) atoms. The number of nitrogens with zero attached hydrogens (tertiary/aromatic N) is 2. The van der Waals surface area contributed by atoms with Gasteiger partial charge >= 0.3 is 0 Å². The quantitative estimate of drug-likeness (QED) is 0.373. The van der Waals surface area contributed by atoms with Gasteiger partial charge in [-0.1, -0.05) is 52.7 Å². The zero-order valence-electron chi connectivity index (χ0n) is 25.9. The van der Waals surface area contributed by atoms with Crippen LogP contribution < -0.4 is 4.90 Å². The van der Waals surface area contributed by atoms with Gasteiger partial charge in [0.2, 0.25) is 5.91 Å². The first-order chi connectivity index (χ1) is 18.8. The highest BCUT2D eigenvalue weighted by Crippen LogP contribution is 2.72. The number of fused-ring (bicyclic) bond motifs is 5. The fraction of sp³-hybridized carbons (Fsp3) is 0.714. The number of rotatable bonds is 5. The molecular weight excluding hydrogens is 494 g/mol. The third-order valence-electron chi connectivity index (χ3n) is 13.5. The molecule has 2 fully saturated rings. The SMILES string of the molecule is C[C@H](CCC(=O)N(C)c1ccc2cn[nH]c2c1)[C@H]1CC[C@@]2(C)C3=C(CC[C@]12C)[C@@]1(C)CC[C@H](O)C(C)(C)[C@@H]1CC3. The van der Waals surface area contributed by atoms with E-state index in [1.165, 1.54) is 38.5 Å². The maximum Gasteiger partial charge on any atom is 0.226 e. The number of aromatic nitrogens is 2. The highest BCUT2D eigenvalue weighted by Gasteiger charge is 2.63. The van der Waals surface area contributed by atoms with Gasteiger partial charge in [0.25, 0.3) is 0 Å². The first-order valence-electron chi connectivity index (χ1n) is 15.9. The van der Waals surface area contributed by atoms with Crippen molar-refractivity contribution in [2.45, 2.75) is 112 Å². The molecule has 1 aromatic carbocycles. The summed E-state index contributed by atoms with van der Waals surface area (Å²) in [5, 5.41) is 19.1. The zero-order valence-corrected chi connectivity index (χ0v) is 25.9. The molecule has 0 saturated heterocycles.